The molecule has 7 nitrogen and oxygen atoms in total. The smallest absolute Gasteiger partial charge is 0.257 e. The molecular weight excluding hydrogens is 328 g/mol. The number of methoxy groups -OCH3 is 1. The van der Waals surface area contributed by atoms with E-state index in [9.17, 15) is 8.42 Å². The average molecular weight is 344 g/mol. The topological polar surface area (TPSA) is 100 Å². The number of nitrogens with zero attached hydrogens (tertiary/aromatic N) is 3. The Labute approximate surface area is 139 Å². The highest BCUT2D eigenvalue weighted by molar-refractivity contribution is 7.89. The molecule has 0 aliphatic rings. The number of primary sulfonamides is 1. The van der Waals surface area contributed by atoms with Crippen molar-refractivity contribution in [2.24, 2.45) is 5.14 Å². The van der Waals surface area contributed by atoms with Gasteiger partial charge in [-0.1, -0.05) is 18.2 Å². The lowest BCUT2D eigenvalue weighted by Crippen LogP contribution is -2.15. The molecule has 2 N–H and O–H groups in total. The maximum Gasteiger partial charge on any atom is 0.257 e. The zero-order chi connectivity index (χ0) is 17.2. The van der Waals surface area contributed by atoms with Gasteiger partial charge in [-0.3, -0.25) is 0 Å². The molecule has 3 aromatic rings. The monoisotopic (exact) mass is 344 g/mol. The second kappa shape index (κ2) is 6.42. The summed E-state index contributed by atoms with van der Waals surface area (Å²) >= 11 is 0. The minimum Gasteiger partial charge on any atom is -0.497 e. The summed E-state index contributed by atoms with van der Waals surface area (Å²) in [4.78, 5) is 4.16. The maximum absolute atomic E-state index is 11.9. The van der Waals surface area contributed by atoms with Crippen LogP contribution in [0.4, 0.5) is 0 Å². The molecule has 0 aliphatic heterocycles. The van der Waals surface area contributed by atoms with Crippen molar-refractivity contribution in [2.45, 2.75) is 11.4 Å². The third-order valence-electron chi connectivity index (χ3n) is 3.46. The summed E-state index contributed by atoms with van der Waals surface area (Å²) in [5.41, 5.74) is 1.43. The van der Waals surface area contributed by atoms with Crippen molar-refractivity contribution in [3.05, 3.63) is 66.0 Å². The van der Waals surface area contributed by atoms with Gasteiger partial charge in [-0.05, 0) is 29.8 Å². The fourth-order valence-corrected chi connectivity index (χ4v) is 3.02. The Bertz CT molecular complexity index is 935. The Balaban J connectivity index is 2.00. The predicted molar refractivity (Wildman–Crippen MR) is 88.5 cm³/mol. The SMILES string of the molecule is COc1ccc(Cc2cn(-c3ccccn3)nc2S(N)(=O)=O)cc1. The predicted octanol–water partition coefficient (Wildman–Crippen LogP) is 1.51. The Morgan fingerprint density at radius 1 is 1.17 bits per heavy atom. The van der Waals surface area contributed by atoms with Crippen LogP contribution in [-0.4, -0.2) is 30.3 Å². The highest BCUT2D eigenvalue weighted by atomic mass is 32.2. The van der Waals surface area contributed by atoms with Gasteiger partial charge in [-0.2, -0.15) is 5.10 Å². The molecule has 0 amide bonds. The Morgan fingerprint density at radius 3 is 2.50 bits per heavy atom. The molecule has 0 unspecified atom stereocenters. The third kappa shape index (κ3) is 3.44. The second-order valence-corrected chi connectivity index (χ2v) is 6.64. The molecule has 2 aromatic heterocycles. The van der Waals surface area contributed by atoms with Gasteiger partial charge in [-0.15, -0.1) is 0 Å². The average Bonchev–Trinajstić information content (AvgIpc) is 3.00. The van der Waals surface area contributed by atoms with Crippen molar-refractivity contribution >= 4 is 10.0 Å². The van der Waals surface area contributed by atoms with Crippen LogP contribution in [0.5, 0.6) is 5.75 Å². The zero-order valence-electron chi connectivity index (χ0n) is 13.0. The van der Waals surface area contributed by atoms with Gasteiger partial charge in [0, 0.05) is 24.4 Å². The highest BCUT2D eigenvalue weighted by Crippen LogP contribution is 2.20. The van der Waals surface area contributed by atoms with E-state index in [-0.39, 0.29) is 5.03 Å². The summed E-state index contributed by atoms with van der Waals surface area (Å²) < 4.78 is 30.2. The summed E-state index contributed by atoms with van der Waals surface area (Å²) in [6.07, 6.45) is 3.62. The van der Waals surface area contributed by atoms with Gasteiger partial charge in [-0.25, -0.2) is 23.2 Å². The molecule has 0 saturated carbocycles. The van der Waals surface area contributed by atoms with Crippen LogP contribution in [0.1, 0.15) is 11.1 Å². The van der Waals surface area contributed by atoms with E-state index >= 15 is 0 Å². The molecule has 2 heterocycles. The first-order chi connectivity index (χ1) is 11.5. The summed E-state index contributed by atoms with van der Waals surface area (Å²) in [5, 5.41) is 9.25. The number of rotatable bonds is 5. The Kier molecular flexibility index (Phi) is 4.32. The number of pyridine rings is 1. The molecule has 0 atom stereocenters. The first-order valence-electron chi connectivity index (χ1n) is 7.13. The molecule has 8 heteroatoms. The molecule has 0 radical (unpaired) electrons. The maximum atomic E-state index is 11.9. The first-order valence-corrected chi connectivity index (χ1v) is 8.67. The largest absolute Gasteiger partial charge is 0.497 e. The van der Waals surface area contributed by atoms with E-state index in [0.29, 0.717) is 17.8 Å². The molecule has 0 saturated heterocycles. The molecule has 24 heavy (non-hydrogen) atoms. The third-order valence-corrected chi connectivity index (χ3v) is 4.34. The lowest BCUT2D eigenvalue weighted by Gasteiger charge is -2.03. The van der Waals surface area contributed by atoms with Crippen LogP contribution in [-0.2, 0) is 16.4 Å². The van der Waals surface area contributed by atoms with Crippen LogP contribution < -0.4 is 9.88 Å². The summed E-state index contributed by atoms with van der Waals surface area (Å²) in [6, 6.07) is 12.7. The number of aromatic nitrogens is 3. The fourth-order valence-electron chi connectivity index (χ4n) is 2.32. The van der Waals surface area contributed by atoms with Crippen LogP contribution in [0.2, 0.25) is 0 Å². The van der Waals surface area contributed by atoms with Crippen LogP contribution in [0.25, 0.3) is 5.82 Å². The van der Waals surface area contributed by atoms with Crippen LogP contribution >= 0.6 is 0 Å². The lowest BCUT2D eigenvalue weighted by atomic mass is 10.1. The van der Waals surface area contributed by atoms with Crippen LogP contribution in [0.3, 0.4) is 0 Å². The van der Waals surface area contributed by atoms with Crippen LogP contribution in [0, 0.1) is 0 Å². The quantitative estimate of drug-likeness (QED) is 0.756. The Hall–Kier alpha value is -2.71. The molecule has 3 rings (SSSR count). The molecule has 124 valence electrons. The Morgan fingerprint density at radius 2 is 1.92 bits per heavy atom. The van der Waals surface area contributed by atoms with Gasteiger partial charge >= 0.3 is 0 Å². The molecular formula is C16H16N4O3S. The van der Waals surface area contributed by atoms with Gasteiger partial charge < -0.3 is 4.74 Å². The second-order valence-electron chi connectivity index (χ2n) is 5.16. The van der Waals surface area contributed by atoms with Gasteiger partial charge in [0.2, 0.25) is 0 Å². The summed E-state index contributed by atoms with van der Waals surface area (Å²) in [5.74, 6) is 1.25. The number of hydrogen-bond acceptors (Lipinski definition) is 5. The summed E-state index contributed by atoms with van der Waals surface area (Å²) in [7, 11) is -2.35. The van der Waals surface area contributed by atoms with Gasteiger partial charge in [0.05, 0.1) is 7.11 Å². The van der Waals surface area contributed by atoms with E-state index in [0.717, 1.165) is 11.3 Å². The number of hydrogen-bond donors (Lipinski definition) is 1. The number of nitrogens with two attached hydrogens (primary N) is 1. The minimum absolute atomic E-state index is 0.149. The van der Waals surface area contributed by atoms with Crippen molar-refractivity contribution in [3.8, 4) is 11.6 Å². The van der Waals surface area contributed by atoms with E-state index < -0.39 is 10.0 Å². The van der Waals surface area contributed by atoms with E-state index in [2.05, 4.69) is 10.1 Å². The zero-order valence-corrected chi connectivity index (χ0v) is 13.8. The minimum atomic E-state index is -3.94. The van der Waals surface area contributed by atoms with Crippen molar-refractivity contribution in [2.75, 3.05) is 7.11 Å². The van der Waals surface area contributed by atoms with Crippen molar-refractivity contribution in [1.82, 2.24) is 14.8 Å². The normalized spacial score (nSPS) is 11.4. The molecule has 0 fully saturated rings. The molecule has 0 spiro atoms. The van der Waals surface area contributed by atoms with Gasteiger partial charge in [0.15, 0.2) is 10.8 Å². The van der Waals surface area contributed by atoms with E-state index in [1.807, 2.05) is 24.3 Å². The van der Waals surface area contributed by atoms with E-state index in [1.165, 1.54) is 4.68 Å². The van der Waals surface area contributed by atoms with Gasteiger partial charge in [0.25, 0.3) is 10.0 Å². The van der Waals surface area contributed by atoms with E-state index in [1.54, 1.807) is 37.7 Å². The van der Waals surface area contributed by atoms with Crippen LogP contribution in [0.15, 0.2) is 59.9 Å². The summed E-state index contributed by atoms with van der Waals surface area (Å²) in [6.45, 7) is 0. The first kappa shape index (κ1) is 16.2. The number of sulfonamides is 1. The number of benzene rings is 1. The van der Waals surface area contributed by atoms with Crippen molar-refractivity contribution in [3.63, 3.8) is 0 Å². The lowest BCUT2D eigenvalue weighted by molar-refractivity contribution is 0.414. The number of ether oxygens (including phenoxy) is 1. The molecule has 1 aromatic carbocycles. The molecule has 0 bridgehead atoms. The van der Waals surface area contributed by atoms with E-state index in [4.69, 9.17) is 9.88 Å². The standard InChI is InChI=1S/C16H16N4O3S/c1-23-14-7-5-12(6-8-14)10-13-11-20(15-4-2-3-9-18-15)19-16(13)24(17,21)22/h2-9,11H,10H2,1H3,(H2,17,21,22). The highest BCUT2D eigenvalue weighted by Gasteiger charge is 2.20. The van der Waals surface area contributed by atoms with Gasteiger partial charge in [0.1, 0.15) is 5.75 Å². The van der Waals surface area contributed by atoms with Crippen molar-refractivity contribution in [1.29, 1.82) is 0 Å². The molecule has 0 aliphatic carbocycles. The fraction of sp³-hybridized carbons (Fsp3) is 0.125. The van der Waals surface area contributed by atoms with Crippen molar-refractivity contribution < 1.29 is 13.2 Å².